The Morgan fingerprint density at radius 1 is 1.53 bits per heavy atom. The van der Waals surface area contributed by atoms with Crippen molar-refractivity contribution in [2.75, 3.05) is 0 Å². The van der Waals surface area contributed by atoms with Gasteiger partial charge in [0.15, 0.2) is 0 Å². The van der Waals surface area contributed by atoms with Crippen LogP contribution in [-0.4, -0.2) is 20.1 Å². The highest BCUT2D eigenvalue weighted by Gasteiger charge is 2.31. The first-order valence-electron chi connectivity index (χ1n) is 5.47. The Morgan fingerprint density at radius 2 is 2.35 bits per heavy atom. The van der Waals surface area contributed by atoms with E-state index >= 15 is 0 Å². The van der Waals surface area contributed by atoms with Crippen LogP contribution in [0.15, 0.2) is 12.3 Å². The van der Waals surface area contributed by atoms with E-state index in [4.69, 9.17) is 0 Å². The summed E-state index contributed by atoms with van der Waals surface area (Å²) in [6.45, 7) is 0. The van der Waals surface area contributed by atoms with Gasteiger partial charge >= 0.3 is 0 Å². The van der Waals surface area contributed by atoms with Crippen molar-refractivity contribution in [3.05, 3.63) is 29.5 Å². The summed E-state index contributed by atoms with van der Waals surface area (Å²) in [7, 11) is 0. The molecular formula is C11H11F2N3O. The number of nitrogens with zero attached hydrogens (tertiary/aromatic N) is 2. The third-order valence-electron chi connectivity index (χ3n) is 3.19. The second-order valence-electron chi connectivity index (χ2n) is 4.19. The molecule has 0 fully saturated rings. The highest BCUT2D eigenvalue weighted by molar-refractivity contribution is 5.66. The van der Waals surface area contributed by atoms with Crippen LogP contribution in [0.4, 0.5) is 8.87 Å². The summed E-state index contributed by atoms with van der Waals surface area (Å²) in [5.74, 6) is -0.972. The highest BCUT2D eigenvalue weighted by Crippen LogP contribution is 2.40. The van der Waals surface area contributed by atoms with Gasteiger partial charge in [0.2, 0.25) is 5.95 Å². The van der Waals surface area contributed by atoms with Crippen LogP contribution in [0.3, 0.4) is 0 Å². The Kier molecular flexibility index (Phi) is 2.25. The maximum atomic E-state index is 13.9. The Hall–Kier alpha value is -1.69. The molecule has 2 N–H and O–H groups in total. The number of aromatic nitrogens is 3. The molecule has 0 saturated heterocycles. The lowest BCUT2D eigenvalue weighted by molar-refractivity contribution is 0.153. The number of H-pyrrole nitrogens is 1. The Labute approximate surface area is 95.8 Å². The second kappa shape index (κ2) is 3.66. The zero-order valence-electron chi connectivity index (χ0n) is 8.95. The fourth-order valence-corrected chi connectivity index (χ4v) is 2.43. The number of hydrogen-bond donors (Lipinski definition) is 2. The van der Waals surface area contributed by atoms with Gasteiger partial charge in [-0.2, -0.15) is 14.3 Å². The molecule has 0 amide bonds. The van der Waals surface area contributed by atoms with E-state index < -0.39 is 12.1 Å². The summed E-state index contributed by atoms with van der Waals surface area (Å²) < 4.78 is 27.5. The average Bonchev–Trinajstić information content (AvgIpc) is 2.90. The van der Waals surface area contributed by atoms with Gasteiger partial charge in [-0.1, -0.05) is 4.48 Å². The lowest BCUT2D eigenvalue weighted by Gasteiger charge is -2.18. The molecule has 0 bridgehead atoms. The maximum Gasteiger partial charge on any atom is 0.232 e. The van der Waals surface area contributed by atoms with Crippen LogP contribution in [0.1, 0.15) is 30.2 Å². The Bertz CT molecular complexity index is 548. The van der Waals surface area contributed by atoms with Crippen LogP contribution in [-0.2, 0) is 6.42 Å². The molecule has 17 heavy (non-hydrogen) atoms. The van der Waals surface area contributed by atoms with Gasteiger partial charge in [0.1, 0.15) is 0 Å². The number of fused-ring (bicyclic) bond motifs is 1. The van der Waals surface area contributed by atoms with Crippen LogP contribution < -0.4 is 0 Å². The van der Waals surface area contributed by atoms with Gasteiger partial charge in [0, 0.05) is 11.8 Å². The van der Waals surface area contributed by atoms with E-state index in [0.29, 0.717) is 30.5 Å². The van der Waals surface area contributed by atoms with Crippen molar-refractivity contribution in [2.24, 2.45) is 0 Å². The molecule has 2 aromatic heterocycles. The topological polar surface area (TPSA) is 53.8 Å². The number of halogens is 2. The maximum absolute atomic E-state index is 13.9. The molecule has 2 heterocycles. The molecule has 90 valence electrons. The zero-order valence-corrected chi connectivity index (χ0v) is 8.95. The van der Waals surface area contributed by atoms with E-state index in [0.717, 1.165) is 0 Å². The van der Waals surface area contributed by atoms with E-state index in [1.807, 2.05) is 0 Å². The van der Waals surface area contributed by atoms with Crippen molar-refractivity contribution < 1.29 is 14.0 Å². The smallest absolute Gasteiger partial charge is 0.232 e. The van der Waals surface area contributed by atoms with Gasteiger partial charge in [0.25, 0.3) is 0 Å². The predicted octanol–water partition coefficient (Wildman–Crippen LogP) is 2.12. The van der Waals surface area contributed by atoms with Crippen molar-refractivity contribution in [1.82, 2.24) is 15.0 Å². The van der Waals surface area contributed by atoms with Crippen LogP contribution in [0.2, 0.25) is 0 Å². The third kappa shape index (κ3) is 1.40. The second-order valence-corrected chi connectivity index (χ2v) is 4.19. The number of aliphatic hydroxyl groups is 1. The molecule has 0 aromatic carbocycles. The van der Waals surface area contributed by atoms with Crippen LogP contribution in [0.5, 0.6) is 0 Å². The SMILES string of the molecule is OC1CCCc2c1c(-c1ccn[nH]1)c(F)n2F. The standard InChI is InChI=1S/C11H11F2N3O/c12-11-9(6-4-5-14-15-6)10-7(16(11)13)2-1-3-8(10)17/h4-5,8,17H,1-3H2,(H,14,15). The number of rotatable bonds is 1. The minimum absolute atomic E-state index is 0.0356. The lowest BCUT2D eigenvalue weighted by Crippen LogP contribution is -2.10. The number of hydrogen-bond acceptors (Lipinski definition) is 2. The predicted molar refractivity (Wildman–Crippen MR) is 56.4 cm³/mol. The van der Waals surface area contributed by atoms with E-state index in [2.05, 4.69) is 10.2 Å². The fourth-order valence-electron chi connectivity index (χ4n) is 2.43. The van der Waals surface area contributed by atoms with Gasteiger partial charge in [-0.3, -0.25) is 5.10 Å². The van der Waals surface area contributed by atoms with Crippen molar-refractivity contribution >= 4 is 0 Å². The van der Waals surface area contributed by atoms with E-state index in [9.17, 15) is 14.0 Å². The minimum Gasteiger partial charge on any atom is -0.388 e. The number of nitrogens with one attached hydrogen (secondary N) is 1. The van der Waals surface area contributed by atoms with Crippen LogP contribution in [0, 0.1) is 5.95 Å². The quantitative estimate of drug-likeness (QED) is 0.800. The fraction of sp³-hybridized carbons (Fsp3) is 0.364. The zero-order chi connectivity index (χ0) is 12.0. The summed E-state index contributed by atoms with van der Waals surface area (Å²) in [5, 5.41) is 16.2. The first-order chi connectivity index (χ1) is 8.20. The molecule has 1 aliphatic rings. The Morgan fingerprint density at radius 3 is 3.06 bits per heavy atom. The van der Waals surface area contributed by atoms with Crippen molar-refractivity contribution in [2.45, 2.75) is 25.4 Å². The molecule has 1 aliphatic carbocycles. The van der Waals surface area contributed by atoms with Crippen LogP contribution in [0.25, 0.3) is 11.3 Å². The molecule has 3 rings (SSSR count). The van der Waals surface area contributed by atoms with Gasteiger partial charge in [-0.05, 0) is 25.3 Å². The first kappa shape index (κ1) is 10.5. The molecule has 0 aliphatic heterocycles. The lowest BCUT2D eigenvalue weighted by atomic mass is 9.91. The molecule has 6 heteroatoms. The van der Waals surface area contributed by atoms with E-state index in [1.165, 1.54) is 6.20 Å². The minimum atomic E-state index is -0.972. The third-order valence-corrected chi connectivity index (χ3v) is 3.19. The largest absolute Gasteiger partial charge is 0.388 e. The summed E-state index contributed by atoms with van der Waals surface area (Å²) in [4.78, 5) is 0.0356. The molecule has 0 radical (unpaired) electrons. The van der Waals surface area contributed by atoms with Gasteiger partial charge in [-0.25, -0.2) is 0 Å². The molecule has 0 spiro atoms. The van der Waals surface area contributed by atoms with Crippen molar-refractivity contribution in [3.63, 3.8) is 0 Å². The Balaban J connectivity index is 2.28. The number of aliphatic hydroxyl groups excluding tert-OH is 1. The van der Waals surface area contributed by atoms with Gasteiger partial charge < -0.3 is 5.11 Å². The van der Waals surface area contributed by atoms with Crippen molar-refractivity contribution in [1.29, 1.82) is 0 Å². The summed E-state index contributed by atoms with van der Waals surface area (Å²) in [6, 6.07) is 1.56. The number of aromatic amines is 1. The van der Waals surface area contributed by atoms with Crippen LogP contribution >= 0.6 is 0 Å². The normalized spacial score (nSPS) is 19.4. The molecule has 4 nitrogen and oxygen atoms in total. The molecule has 2 aromatic rings. The summed E-state index contributed by atoms with van der Waals surface area (Å²) in [5.41, 5.74) is 1.05. The van der Waals surface area contributed by atoms with E-state index in [1.54, 1.807) is 6.07 Å². The first-order valence-corrected chi connectivity index (χ1v) is 5.47. The monoisotopic (exact) mass is 239 g/mol. The van der Waals surface area contributed by atoms with Gasteiger partial charge in [-0.15, -0.1) is 0 Å². The average molecular weight is 239 g/mol. The molecular weight excluding hydrogens is 228 g/mol. The molecule has 0 saturated carbocycles. The molecule has 1 atom stereocenters. The molecule has 1 unspecified atom stereocenters. The highest BCUT2D eigenvalue weighted by atomic mass is 19.2. The van der Waals surface area contributed by atoms with E-state index in [-0.39, 0.29) is 16.0 Å². The van der Waals surface area contributed by atoms with Gasteiger partial charge in [0.05, 0.1) is 23.1 Å². The summed E-state index contributed by atoms with van der Waals surface area (Å²) in [6.07, 6.45) is 2.27. The summed E-state index contributed by atoms with van der Waals surface area (Å²) >= 11 is 0. The van der Waals surface area contributed by atoms with Crippen molar-refractivity contribution in [3.8, 4) is 11.3 Å².